The lowest BCUT2D eigenvalue weighted by Gasteiger charge is -2.26. The lowest BCUT2D eigenvalue weighted by molar-refractivity contribution is 0.0365. The Hall–Kier alpha value is -3.03. The smallest absolute Gasteiger partial charge is 0.319 e. The van der Waals surface area contributed by atoms with E-state index in [1.165, 1.54) is 5.52 Å². The summed E-state index contributed by atoms with van der Waals surface area (Å²) < 4.78 is 12.8. The van der Waals surface area contributed by atoms with Gasteiger partial charge in [-0.3, -0.25) is 4.90 Å². The topological polar surface area (TPSA) is 67.8 Å². The fourth-order valence-electron chi connectivity index (χ4n) is 3.83. The summed E-state index contributed by atoms with van der Waals surface area (Å²) in [6.07, 6.45) is 2.88. The van der Waals surface area contributed by atoms with Crippen LogP contribution in [-0.4, -0.2) is 62.0 Å². The number of hydrogen-bond donors (Lipinski definition) is 2. The van der Waals surface area contributed by atoms with Gasteiger partial charge in [0.2, 0.25) is 0 Å². The van der Waals surface area contributed by atoms with E-state index in [-0.39, 0.29) is 6.03 Å². The number of carbonyl (C=O) groups is 1. The quantitative estimate of drug-likeness (QED) is 0.584. The number of carbonyl (C=O) groups excluding carboxylic acids is 1. The predicted octanol–water partition coefficient (Wildman–Crippen LogP) is 3.35. The molecule has 0 atom stereocenters. The average molecular weight is 423 g/mol. The maximum absolute atomic E-state index is 12.3. The van der Waals surface area contributed by atoms with Crippen molar-refractivity contribution >= 4 is 22.6 Å². The van der Waals surface area contributed by atoms with Crippen LogP contribution in [0.5, 0.6) is 5.75 Å². The number of aromatic nitrogens is 1. The fraction of sp³-hybridized carbons (Fsp3) is 0.375. The summed E-state index contributed by atoms with van der Waals surface area (Å²) in [4.78, 5) is 14.7. The Kier molecular flexibility index (Phi) is 7.07. The number of ether oxygens (including phenoxy) is 2. The van der Waals surface area contributed by atoms with Crippen molar-refractivity contribution in [2.45, 2.75) is 13.0 Å². The second-order valence-electron chi connectivity index (χ2n) is 7.72. The molecule has 1 saturated heterocycles. The van der Waals surface area contributed by atoms with Crippen molar-refractivity contribution < 1.29 is 14.3 Å². The van der Waals surface area contributed by atoms with Crippen LogP contribution in [0.1, 0.15) is 5.56 Å². The summed E-state index contributed by atoms with van der Waals surface area (Å²) in [5, 5.41) is 6.97. The van der Waals surface area contributed by atoms with E-state index in [4.69, 9.17) is 9.47 Å². The second kappa shape index (κ2) is 10.3. The maximum Gasteiger partial charge on any atom is 0.319 e. The van der Waals surface area contributed by atoms with Crippen LogP contribution in [-0.2, 0) is 17.7 Å². The highest BCUT2D eigenvalue weighted by molar-refractivity contribution is 5.92. The van der Waals surface area contributed by atoms with Gasteiger partial charge in [-0.1, -0.05) is 12.1 Å². The number of rotatable bonds is 8. The van der Waals surface area contributed by atoms with Crippen molar-refractivity contribution in [1.82, 2.24) is 14.8 Å². The molecule has 0 saturated carbocycles. The molecule has 0 unspecified atom stereocenters. The number of amides is 2. The number of methoxy groups -OCH3 is 1. The number of morpholine rings is 1. The molecular weight excluding hydrogens is 392 g/mol. The summed E-state index contributed by atoms with van der Waals surface area (Å²) >= 11 is 0. The van der Waals surface area contributed by atoms with Gasteiger partial charge < -0.3 is 24.7 Å². The molecule has 1 fully saturated rings. The van der Waals surface area contributed by atoms with Crippen molar-refractivity contribution in [1.29, 1.82) is 0 Å². The molecule has 1 aliphatic rings. The number of nitrogens with one attached hydrogen (secondary N) is 2. The van der Waals surface area contributed by atoms with Gasteiger partial charge >= 0.3 is 6.03 Å². The van der Waals surface area contributed by atoms with Crippen molar-refractivity contribution in [2.24, 2.45) is 0 Å². The molecule has 1 aliphatic heterocycles. The summed E-state index contributed by atoms with van der Waals surface area (Å²) in [6, 6.07) is 15.8. The maximum atomic E-state index is 12.3. The van der Waals surface area contributed by atoms with Gasteiger partial charge in [-0.15, -0.1) is 0 Å². The van der Waals surface area contributed by atoms with Crippen LogP contribution in [0.3, 0.4) is 0 Å². The molecule has 3 aromatic rings. The molecule has 4 rings (SSSR count). The lowest BCUT2D eigenvalue weighted by Crippen LogP contribution is -2.38. The van der Waals surface area contributed by atoms with E-state index in [2.05, 4.69) is 38.4 Å². The van der Waals surface area contributed by atoms with E-state index in [9.17, 15) is 4.79 Å². The average Bonchev–Trinajstić information content (AvgIpc) is 3.21. The summed E-state index contributed by atoms with van der Waals surface area (Å²) in [7, 11) is 1.65. The zero-order valence-corrected chi connectivity index (χ0v) is 18.0. The molecule has 0 radical (unpaired) electrons. The van der Waals surface area contributed by atoms with Gasteiger partial charge in [-0.2, -0.15) is 0 Å². The van der Waals surface area contributed by atoms with Crippen LogP contribution in [0.4, 0.5) is 10.5 Å². The van der Waals surface area contributed by atoms with E-state index in [1.807, 2.05) is 36.4 Å². The van der Waals surface area contributed by atoms with E-state index in [0.717, 1.165) is 68.2 Å². The first-order chi connectivity index (χ1) is 15.2. The Morgan fingerprint density at radius 2 is 1.87 bits per heavy atom. The zero-order chi connectivity index (χ0) is 21.5. The van der Waals surface area contributed by atoms with Crippen molar-refractivity contribution in [3.05, 3.63) is 60.3 Å². The largest absolute Gasteiger partial charge is 0.497 e. The van der Waals surface area contributed by atoms with Gasteiger partial charge in [0, 0.05) is 55.5 Å². The minimum atomic E-state index is -0.195. The van der Waals surface area contributed by atoms with Crippen LogP contribution >= 0.6 is 0 Å². The van der Waals surface area contributed by atoms with E-state index in [0.29, 0.717) is 6.54 Å². The normalized spacial score (nSPS) is 14.5. The van der Waals surface area contributed by atoms with Crippen molar-refractivity contribution in [3.8, 4) is 5.75 Å². The third kappa shape index (κ3) is 5.77. The van der Waals surface area contributed by atoms with Gasteiger partial charge in [0.1, 0.15) is 5.75 Å². The molecule has 7 heteroatoms. The minimum Gasteiger partial charge on any atom is -0.497 e. The van der Waals surface area contributed by atoms with Crippen LogP contribution in [0.2, 0.25) is 0 Å². The molecule has 2 aromatic carbocycles. The fourth-order valence-corrected chi connectivity index (χ4v) is 3.83. The molecule has 31 heavy (non-hydrogen) atoms. The summed E-state index contributed by atoms with van der Waals surface area (Å²) in [5.74, 6) is 0.833. The zero-order valence-electron chi connectivity index (χ0n) is 18.0. The van der Waals surface area contributed by atoms with Crippen molar-refractivity contribution in [2.75, 3.05) is 51.8 Å². The molecule has 2 amide bonds. The molecular formula is C24H30N4O3. The number of hydrogen-bond acceptors (Lipinski definition) is 4. The third-order valence-corrected chi connectivity index (χ3v) is 5.65. The SMILES string of the molecule is COc1ccc(CCNC(=O)Nc2ccc3c(ccn3CCN3CCOCC3)c2)cc1. The number of fused-ring (bicyclic) bond motifs is 1. The number of anilines is 1. The Balaban J connectivity index is 1.26. The third-order valence-electron chi connectivity index (χ3n) is 5.65. The van der Waals surface area contributed by atoms with Crippen LogP contribution in [0.15, 0.2) is 54.7 Å². The number of nitrogens with zero attached hydrogens (tertiary/aromatic N) is 2. The van der Waals surface area contributed by atoms with Crippen molar-refractivity contribution in [3.63, 3.8) is 0 Å². The Morgan fingerprint density at radius 1 is 1.06 bits per heavy atom. The van der Waals surface area contributed by atoms with Crippen LogP contribution < -0.4 is 15.4 Å². The van der Waals surface area contributed by atoms with Gasteiger partial charge in [0.25, 0.3) is 0 Å². The molecule has 7 nitrogen and oxygen atoms in total. The molecule has 2 N–H and O–H groups in total. The van der Waals surface area contributed by atoms with E-state index >= 15 is 0 Å². The highest BCUT2D eigenvalue weighted by atomic mass is 16.5. The molecule has 1 aromatic heterocycles. The first-order valence-corrected chi connectivity index (χ1v) is 10.8. The van der Waals surface area contributed by atoms with Gasteiger partial charge in [0.15, 0.2) is 0 Å². The number of urea groups is 1. The van der Waals surface area contributed by atoms with Gasteiger partial charge in [-0.25, -0.2) is 4.79 Å². The standard InChI is InChI=1S/C24H30N4O3/c1-30-22-5-2-19(3-6-22)8-10-25-24(29)26-21-4-7-23-20(18-21)9-11-28(23)13-12-27-14-16-31-17-15-27/h2-7,9,11,18H,8,10,12-17H2,1H3,(H2,25,26,29). The number of benzene rings is 2. The molecule has 2 heterocycles. The predicted molar refractivity (Wildman–Crippen MR) is 123 cm³/mol. The van der Waals surface area contributed by atoms with Gasteiger partial charge in [-0.05, 0) is 48.4 Å². The van der Waals surface area contributed by atoms with Crippen LogP contribution in [0.25, 0.3) is 10.9 Å². The second-order valence-corrected chi connectivity index (χ2v) is 7.72. The highest BCUT2D eigenvalue weighted by Gasteiger charge is 2.11. The molecule has 0 spiro atoms. The Morgan fingerprint density at radius 3 is 2.65 bits per heavy atom. The Labute approximate surface area is 182 Å². The Bertz CT molecular complexity index is 994. The van der Waals surface area contributed by atoms with E-state index in [1.54, 1.807) is 7.11 Å². The highest BCUT2D eigenvalue weighted by Crippen LogP contribution is 2.21. The summed E-state index contributed by atoms with van der Waals surface area (Å²) in [5.41, 5.74) is 3.13. The first-order valence-electron chi connectivity index (χ1n) is 10.8. The molecule has 0 aliphatic carbocycles. The van der Waals surface area contributed by atoms with Crippen LogP contribution in [0, 0.1) is 0 Å². The van der Waals surface area contributed by atoms with E-state index < -0.39 is 0 Å². The molecule has 164 valence electrons. The lowest BCUT2D eigenvalue weighted by atomic mass is 10.1. The molecule has 0 bridgehead atoms. The monoisotopic (exact) mass is 422 g/mol. The first kappa shape index (κ1) is 21.2. The minimum absolute atomic E-state index is 0.195. The summed E-state index contributed by atoms with van der Waals surface area (Å²) in [6.45, 7) is 6.18. The van der Waals surface area contributed by atoms with Gasteiger partial charge in [0.05, 0.1) is 20.3 Å².